The van der Waals surface area contributed by atoms with Crippen molar-refractivity contribution in [2.45, 2.75) is 32.7 Å². The average Bonchev–Trinajstić information content (AvgIpc) is 3.20. The molecule has 1 aliphatic heterocycles. The van der Waals surface area contributed by atoms with Crippen molar-refractivity contribution in [3.8, 4) is 0 Å². The second-order valence-corrected chi connectivity index (χ2v) is 7.28. The molecule has 2 amide bonds. The van der Waals surface area contributed by atoms with Gasteiger partial charge in [0.05, 0.1) is 12.8 Å². The number of nitrogens with zero attached hydrogens (tertiary/aromatic N) is 2. The Morgan fingerprint density at radius 1 is 1.37 bits per heavy atom. The highest BCUT2D eigenvalue weighted by atomic mass is 35.5. The zero-order valence-electron chi connectivity index (χ0n) is 15.4. The average molecular weight is 390 g/mol. The van der Waals surface area contributed by atoms with Crippen LogP contribution in [0.2, 0.25) is 5.15 Å². The largest absolute Gasteiger partial charge is 0.467 e. The molecule has 3 rings (SSSR count). The van der Waals surface area contributed by atoms with Crippen LogP contribution < -0.4 is 5.32 Å². The molecule has 27 heavy (non-hydrogen) atoms. The van der Waals surface area contributed by atoms with E-state index in [4.69, 9.17) is 16.0 Å². The van der Waals surface area contributed by atoms with E-state index in [1.807, 2.05) is 11.0 Å². The summed E-state index contributed by atoms with van der Waals surface area (Å²) in [5, 5.41) is 3.22. The van der Waals surface area contributed by atoms with Gasteiger partial charge in [0.25, 0.3) is 5.91 Å². The smallest absolute Gasteiger partial charge is 0.254 e. The lowest BCUT2D eigenvalue weighted by Crippen LogP contribution is -2.44. The van der Waals surface area contributed by atoms with Crippen LogP contribution in [-0.4, -0.2) is 34.8 Å². The van der Waals surface area contributed by atoms with Gasteiger partial charge in [0.15, 0.2) is 0 Å². The first-order valence-electron chi connectivity index (χ1n) is 9.26. The summed E-state index contributed by atoms with van der Waals surface area (Å²) in [6.45, 7) is 3.81. The summed E-state index contributed by atoms with van der Waals surface area (Å²) in [6.07, 6.45) is 5.36. The number of likely N-dealkylation sites (tertiary alicyclic amines) is 1. The van der Waals surface area contributed by atoms with Crippen LogP contribution in [-0.2, 0) is 11.3 Å². The van der Waals surface area contributed by atoms with Crippen molar-refractivity contribution in [3.05, 3.63) is 53.2 Å². The predicted molar refractivity (Wildman–Crippen MR) is 102 cm³/mol. The quantitative estimate of drug-likeness (QED) is 0.767. The van der Waals surface area contributed by atoms with E-state index in [0.29, 0.717) is 42.7 Å². The highest BCUT2D eigenvalue weighted by Crippen LogP contribution is 2.30. The summed E-state index contributed by atoms with van der Waals surface area (Å²) in [5.74, 6) is 1.31. The maximum atomic E-state index is 12.7. The molecule has 0 aliphatic carbocycles. The lowest BCUT2D eigenvalue weighted by Gasteiger charge is -2.38. The first-order valence-corrected chi connectivity index (χ1v) is 9.64. The van der Waals surface area contributed by atoms with Gasteiger partial charge in [-0.1, -0.05) is 24.9 Å². The van der Waals surface area contributed by atoms with Crippen LogP contribution in [0.3, 0.4) is 0 Å². The molecule has 2 atom stereocenters. The SMILES string of the molecule is CC[C@@H]1CN(C(=O)c2ccnc(Cl)c2)CC[C@H]1CC(=O)NCc1ccco1. The molecule has 0 spiro atoms. The van der Waals surface area contributed by atoms with Crippen LogP contribution in [0.15, 0.2) is 41.1 Å². The number of carbonyl (C=O) groups is 2. The third-order valence-electron chi connectivity index (χ3n) is 5.16. The Bertz CT molecular complexity index is 779. The number of carbonyl (C=O) groups excluding carboxylic acids is 2. The maximum absolute atomic E-state index is 12.7. The van der Waals surface area contributed by atoms with Crippen molar-refractivity contribution in [2.75, 3.05) is 13.1 Å². The van der Waals surface area contributed by atoms with Crippen molar-refractivity contribution in [1.82, 2.24) is 15.2 Å². The first-order chi connectivity index (χ1) is 13.1. The molecule has 3 heterocycles. The van der Waals surface area contributed by atoms with Gasteiger partial charge in [-0.25, -0.2) is 4.98 Å². The van der Waals surface area contributed by atoms with Crippen molar-refractivity contribution in [3.63, 3.8) is 0 Å². The molecule has 2 aromatic heterocycles. The number of halogens is 1. The number of rotatable bonds is 6. The molecule has 7 heteroatoms. The zero-order valence-corrected chi connectivity index (χ0v) is 16.1. The van der Waals surface area contributed by atoms with Crippen LogP contribution >= 0.6 is 11.6 Å². The topological polar surface area (TPSA) is 75.4 Å². The van der Waals surface area contributed by atoms with E-state index in [1.54, 1.807) is 30.7 Å². The van der Waals surface area contributed by atoms with Gasteiger partial charge in [-0.05, 0) is 42.5 Å². The molecule has 0 aromatic carbocycles. The lowest BCUT2D eigenvalue weighted by atomic mass is 9.81. The third-order valence-corrected chi connectivity index (χ3v) is 5.37. The molecule has 2 aromatic rings. The van der Waals surface area contributed by atoms with E-state index in [1.165, 1.54) is 0 Å². The summed E-state index contributed by atoms with van der Waals surface area (Å²) < 4.78 is 5.23. The van der Waals surface area contributed by atoms with Gasteiger partial charge in [-0.2, -0.15) is 0 Å². The van der Waals surface area contributed by atoms with E-state index in [0.717, 1.165) is 18.6 Å². The van der Waals surface area contributed by atoms with Gasteiger partial charge < -0.3 is 14.6 Å². The number of hydrogen-bond donors (Lipinski definition) is 1. The molecule has 0 saturated carbocycles. The van der Waals surface area contributed by atoms with Crippen molar-refractivity contribution >= 4 is 23.4 Å². The normalized spacial score (nSPS) is 19.7. The highest BCUT2D eigenvalue weighted by molar-refractivity contribution is 6.29. The molecular formula is C20H24ClN3O3. The molecule has 0 radical (unpaired) electrons. The molecule has 144 valence electrons. The van der Waals surface area contributed by atoms with E-state index >= 15 is 0 Å². The van der Waals surface area contributed by atoms with Gasteiger partial charge in [0.2, 0.25) is 5.91 Å². The molecule has 0 unspecified atom stereocenters. The standard InChI is InChI=1S/C20H24ClN3O3/c1-2-14-13-24(20(26)16-5-7-22-18(21)10-16)8-6-15(14)11-19(25)23-12-17-4-3-9-27-17/h3-5,7,9-10,14-15H,2,6,8,11-13H2,1H3,(H,23,25)/t14-,15+/m1/s1. The molecule has 1 aliphatic rings. The number of furan rings is 1. The van der Waals surface area contributed by atoms with E-state index in [9.17, 15) is 9.59 Å². The number of amides is 2. The predicted octanol–water partition coefficient (Wildman–Crippen LogP) is 3.52. The van der Waals surface area contributed by atoms with E-state index in [2.05, 4.69) is 17.2 Å². The van der Waals surface area contributed by atoms with Crippen LogP contribution in [0.5, 0.6) is 0 Å². The van der Waals surface area contributed by atoms with Crippen molar-refractivity contribution < 1.29 is 14.0 Å². The van der Waals surface area contributed by atoms with Gasteiger partial charge in [0, 0.05) is 31.3 Å². The Hall–Kier alpha value is -2.34. The molecule has 0 bridgehead atoms. The Kier molecular flexibility index (Phi) is 6.50. The summed E-state index contributed by atoms with van der Waals surface area (Å²) in [6, 6.07) is 6.92. The van der Waals surface area contributed by atoms with Gasteiger partial charge in [-0.3, -0.25) is 9.59 Å². The number of nitrogens with one attached hydrogen (secondary N) is 1. The fourth-order valence-electron chi connectivity index (χ4n) is 3.62. The molecule has 1 saturated heterocycles. The minimum absolute atomic E-state index is 0.0237. The zero-order chi connectivity index (χ0) is 19.2. The molecule has 1 N–H and O–H groups in total. The van der Waals surface area contributed by atoms with Gasteiger partial charge >= 0.3 is 0 Å². The number of pyridine rings is 1. The monoisotopic (exact) mass is 389 g/mol. The van der Waals surface area contributed by atoms with Crippen LogP contribution in [0.1, 0.15) is 42.3 Å². The highest BCUT2D eigenvalue weighted by Gasteiger charge is 2.32. The number of aromatic nitrogens is 1. The van der Waals surface area contributed by atoms with Gasteiger partial charge in [0.1, 0.15) is 10.9 Å². The second-order valence-electron chi connectivity index (χ2n) is 6.90. The van der Waals surface area contributed by atoms with E-state index < -0.39 is 0 Å². The summed E-state index contributed by atoms with van der Waals surface area (Å²) >= 11 is 5.90. The Morgan fingerprint density at radius 2 is 2.22 bits per heavy atom. The van der Waals surface area contributed by atoms with Crippen LogP contribution in [0, 0.1) is 11.8 Å². The number of hydrogen-bond acceptors (Lipinski definition) is 4. The molecule has 6 nitrogen and oxygen atoms in total. The number of piperidine rings is 1. The maximum Gasteiger partial charge on any atom is 0.254 e. The Balaban J connectivity index is 1.54. The lowest BCUT2D eigenvalue weighted by molar-refractivity contribution is -0.123. The summed E-state index contributed by atoms with van der Waals surface area (Å²) in [4.78, 5) is 30.8. The fourth-order valence-corrected chi connectivity index (χ4v) is 3.80. The molecule has 1 fully saturated rings. The van der Waals surface area contributed by atoms with Crippen molar-refractivity contribution in [2.24, 2.45) is 11.8 Å². The van der Waals surface area contributed by atoms with E-state index in [-0.39, 0.29) is 17.7 Å². The van der Waals surface area contributed by atoms with Crippen LogP contribution in [0.25, 0.3) is 0 Å². The minimum Gasteiger partial charge on any atom is -0.467 e. The second kappa shape index (κ2) is 9.04. The van der Waals surface area contributed by atoms with Crippen LogP contribution in [0.4, 0.5) is 0 Å². The molecular weight excluding hydrogens is 366 g/mol. The summed E-state index contributed by atoms with van der Waals surface area (Å²) in [5.41, 5.74) is 0.555. The Morgan fingerprint density at radius 3 is 2.93 bits per heavy atom. The summed E-state index contributed by atoms with van der Waals surface area (Å²) in [7, 11) is 0. The van der Waals surface area contributed by atoms with Crippen molar-refractivity contribution in [1.29, 1.82) is 0 Å². The Labute approximate surface area is 163 Å². The fraction of sp³-hybridized carbons (Fsp3) is 0.450. The van der Waals surface area contributed by atoms with Gasteiger partial charge in [-0.15, -0.1) is 0 Å². The first kappa shape index (κ1) is 19.4. The minimum atomic E-state index is -0.0292. The third kappa shape index (κ3) is 5.10.